The van der Waals surface area contributed by atoms with Crippen LogP contribution in [0.3, 0.4) is 0 Å². The Hall–Kier alpha value is -2.53. The molecular weight excluding hydrogens is 525 g/mol. The van der Waals surface area contributed by atoms with Gasteiger partial charge >= 0.3 is 5.97 Å². The lowest BCUT2D eigenvalue weighted by atomic mass is 9.88. The van der Waals surface area contributed by atoms with Crippen LogP contribution in [0.2, 0.25) is 0 Å². The lowest BCUT2D eigenvalue weighted by Gasteiger charge is -2.36. The smallest absolute Gasteiger partial charge is 0.320 e. The van der Waals surface area contributed by atoms with Crippen LogP contribution >= 0.6 is 0 Å². The van der Waals surface area contributed by atoms with Crippen LogP contribution in [0.1, 0.15) is 71.3 Å². The first-order valence-electron chi connectivity index (χ1n) is 15.3. The van der Waals surface area contributed by atoms with Crippen LogP contribution in [0.15, 0.2) is 24.4 Å². The van der Waals surface area contributed by atoms with Gasteiger partial charge in [0.2, 0.25) is 5.91 Å². The van der Waals surface area contributed by atoms with E-state index in [0.29, 0.717) is 25.2 Å². The first-order chi connectivity index (χ1) is 19.7. The van der Waals surface area contributed by atoms with E-state index in [-0.39, 0.29) is 54.2 Å². The number of H-pyrrole nitrogens is 1. The molecule has 0 saturated carbocycles. The van der Waals surface area contributed by atoms with Crippen LogP contribution in [-0.2, 0) is 14.3 Å². The summed E-state index contributed by atoms with van der Waals surface area (Å²) in [6.07, 6.45) is 5.54. The summed E-state index contributed by atoms with van der Waals surface area (Å²) in [5, 5.41) is 18.2. The van der Waals surface area contributed by atoms with Crippen molar-refractivity contribution in [2.45, 2.75) is 96.1 Å². The van der Waals surface area contributed by atoms with Crippen LogP contribution in [0.25, 0.3) is 10.9 Å². The standard InChI is InChI=1S/C31H48FN5O4/c1-6-9-10-20(7-2)28(35-30(39)19(4)33-5)31(40)37-14-13-26-29(37)24(17-36(26)18-27(38)41-8-3)23-16-34-25-15-21(32)11-12-22(23)25/h11-12,15-16,19-20,24,26,28-30,33-35,39H,6-10,13-14,17-18H2,1-5H3. The Morgan fingerprint density at radius 2 is 2.05 bits per heavy atom. The molecule has 2 saturated heterocycles. The van der Waals surface area contributed by atoms with E-state index >= 15 is 0 Å². The number of unbranched alkanes of at least 4 members (excludes halogenated alkanes) is 1. The van der Waals surface area contributed by atoms with Crippen molar-refractivity contribution in [1.29, 1.82) is 0 Å². The number of likely N-dealkylation sites (N-methyl/N-ethyl adjacent to an activating group) is 1. The van der Waals surface area contributed by atoms with Gasteiger partial charge in [0, 0.05) is 48.2 Å². The van der Waals surface area contributed by atoms with Gasteiger partial charge in [0.1, 0.15) is 12.0 Å². The van der Waals surface area contributed by atoms with E-state index in [1.807, 2.05) is 18.0 Å². The second kappa shape index (κ2) is 14.1. The maximum Gasteiger partial charge on any atom is 0.320 e. The molecule has 1 aromatic carbocycles. The van der Waals surface area contributed by atoms with Gasteiger partial charge in [-0.3, -0.25) is 19.8 Å². The Balaban J connectivity index is 1.69. The predicted molar refractivity (Wildman–Crippen MR) is 158 cm³/mol. The number of aliphatic hydroxyl groups excluding tert-OH is 1. The highest BCUT2D eigenvalue weighted by atomic mass is 19.1. The zero-order chi connectivity index (χ0) is 29.7. The molecule has 2 aliphatic rings. The molecule has 7 atom stereocenters. The molecule has 1 aromatic heterocycles. The van der Waals surface area contributed by atoms with Gasteiger partial charge in [0.05, 0.1) is 25.2 Å². The van der Waals surface area contributed by atoms with Crippen molar-refractivity contribution in [2.24, 2.45) is 5.92 Å². The summed E-state index contributed by atoms with van der Waals surface area (Å²) in [5.74, 6) is -0.578. The molecule has 2 aliphatic heterocycles. The number of aliphatic hydroxyl groups is 1. The summed E-state index contributed by atoms with van der Waals surface area (Å²) in [5.41, 5.74) is 1.73. The maximum absolute atomic E-state index is 14.5. The summed E-state index contributed by atoms with van der Waals surface area (Å²) in [7, 11) is 1.79. The quantitative estimate of drug-likeness (QED) is 0.203. The number of ether oxygens (including phenoxy) is 1. The zero-order valence-electron chi connectivity index (χ0n) is 25.2. The van der Waals surface area contributed by atoms with Crippen LogP contribution in [0, 0.1) is 11.7 Å². The SMILES string of the molecule is CCCCC(CC)C(NC(O)C(C)NC)C(=O)N1CCC2C1C(c1c[nH]c3cc(F)ccc13)CN2CC(=O)OCC. The van der Waals surface area contributed by atoms with E-state index in [2.05, 4.69) is 34.4 Å². The van der Waals surface area contributed by atoms with Gasteiger partial charge in [0.25, 0.3) is 0 Å². The van der Waals surface area contributed by atoms with E-state index in [0.717, 1.165) is 43.1 Å². The van der Waals surface area contributed by atoms with Gasteiger partial charge in [-0.15, -0.1) is 0 Å². The van der Waals surface area contributed by atoms with Gasteiger partial charge < -0.3 is 25.0 Å². The number of hydrogen-bond donors (Lipinski definition) is 4. The third-order valence-electron chi connectivity index (χ3n) is 9.20. The van der Waals surface area contributed by atoms with Crippen molar-refractivity contribution in [3.63, 3.8) is 0 Å². The number of aromatic nitrogens is 1. The van der Waals surface area contributed by atoms with Gasteiger partial charge in [-0.05, 0) is 63.4 Å². The van der Waals surface area contributed by atoms with E-state index in [1.165, 1.54) is 12.1 Å². The third-order valence-corrected chi connectivity index (χ3v) is 9.20. The van der Waals surface area contributed by atoms with Crippen molar-refractivity contribution in [3.05, 3.63) is 35.8 Å². The molecule has 7 unspecified atom stereocenters. The second-order valence-electron chi connectivity index (χ2n) is 11.6. The number of rotatable bonds is 14. The average Bonchev–Trinajstić information content (AvgIpc) is 3.66. The molecule has 0 radical (unpaired) electrons. The number of likely N-dealkylation sites (tertiary alicyclic amines) is 2. The topological polar surface area (TPSA) is 110 Å². The van der Waals surface area contributed by atoms with E-state index in [9.17, 15) is 19.1 Å². The number of aromatic amines is 1. The number of carbonyl (C=O) groups excluding carboxylic acids is 2. The zero-order valence-corrected chi connectivity index (χ0v) is 25.2. The molecule has 4 N–H and O–H groups in total. The molecule has 0 aliphatic carbocycles. The number of nitrogens with one attached hydrogen (secondary N) is 3. The first kappa shape index (κ1) is 31.4. The normalized spacial score (nSPS) is 23.9. The number of esters is 1. The molecule has 10 heteroatoms. The summed E-state index contributed by atoms with van der Waals surface area (Å²) >= 11 is 0. The lowest BCUT2D eigenvalue weighted by Crippen LogP contribution is -2.58. The third kappa shape index (κ3) is 6.77. The number of halogens is 1. The second-order valence-corrected chi connectivity index (χ2v) is 11.6. The Labute approximate surface area is 243 Å². The highest BCUT2D eigenvalue weighted by Gasteiger charge is 2.52. The molecule has 41 heavy (non-hydrogen) atoms. The molecule has 228 valence electrons. The Bertz CT molecular complexity index is 1170. The fourth-order valence-electron chi connectivity index (χ4n) is 6.85. The molecule has 2 fully saturated rings. The monoisotopic (exact) mass is 573 g/mol. The Morgan fingerprint density at radius 3 is 2.73 bits per heavy atom. The maximum atomic E-state index is 14.5. The summed E-state index contributed by atoms with van der Waals surface area (Å²) in [6.45, 7) is 9.58. The molecule has 2 aromatic rings. The number of fused-ring (bicyclic) bond motifs is 2. The van der Waals surface area contributed by atoms with E-state index in [4.69, 9.17) is 4.74 Å². The minimum atomic E-state index is -0.883. The van der Waals surface area contributed by atoms with E-state index in [1.54, 1.807) is 20.0 Å². The molecular formula is C31H48FN5O4. The first-order valence-corrected chi connectivity index (χ1v) is 15.3. The Morgan fingerprint density at radius 1 is 1.27 bits per heavy atom. The van der Waals surface area contributed by atoms with Crippen LogP contribution in [-0.4, -0.2) is 95.5 Å². The number of nitrogens with zero attached hydrogens (tertiary/aromatic N) is 2. The highest BCUT2D eigenvalue weighted by Crippen LogP contribution is 2.43. The van der Waals surface area contributed by atoms with Crippen LogP contribution in [0.4, 0.5) is 4.39 Å². The van der Waals surface area contributed by atoms with Crippen molar-refractivity contribution in [3.8, 4) is 0 Å². The number of hydrogen-bond acceptors (Lipinski definition) is 7. The van der Waals surface area contributed by atoms with Crippen molar-refractivity contribution in [1.82, 2.24) is 25.4 Å². The van der Waals surface area contributed by atoms with Crippen molar-refractivity contribution < 1.29 is 23.8 Å². The Kier molecular flexibility index (Phi) is 10.8. The van der Waals surface area contributed by atoms with E-state index < -0.39 is 12.3 Å². The molecule has 0 spiro atoms. The number of benzene rings is 1. The van der Waals surface area contributed by atoms with Crippen molar-refractivity contribution >= 4 is 22.8 Å². The fourth-order valence-corrected chi connectivity index (χ4v) is 6.85. The summed E-state index contributed by atoms with van der Waals surface area (Å²) in [6, 6.07) is 3.81. The van der Waals surface area contributed by atoms with Crippen LogP contribution in [0.5, 0.6) is 0 Å². The van der Waals surface area contributed by atoms with Crippen molar-refractivity contribution in [2.75, 3.05) is 33.3 Å². The van der Waals surface area contributed by atoms with Gasteiger partial charge in [-0.1, -0.05) is 33.1 Å². The predicted octanol–water partition coefficient (Wildman–Crippen LogP) is 3.34. The highest BCUT2D eigenvalue weighted by molar-refractivity contribution is 5.86. The molecule has 3 heterocycles. The molecule has 9 nitrogen and oxygen atoms in total. The molecule has 0 bridgehead atoms. The minimum Gasteiger partial charge on any atom is -0.465 e. The summed E-state index contributed by atoms with van der Waals surface area (Å²) in [4.78, 5) is 34.4. The number of amides is 1. The number of carbonyl (C=O) groups is 2. The molecule has 4 rings (SSSR count). The van der Waals surface area contributed by atoms with Crippen LogP contribution < -0.4 is 10.6 Å². The van der Waals surface area contributed by atoms with Gasteiger partial charge in [-0.25, -0.2) is 4.39 Å². The lowest BCUT2D eigenvalue weighted by molar-refractivity contribution is -0.144. The minimum absolute atomic E-state index is 0.00308. The van der Waals surface area contributed by atoms with Gasteiger partial charge in [-0.2, -0.15) is 0 Å². The van der Waals surface area contributed by atoms with Gasteiger partial charge in [0.15, 0.2) is 0 Å². The average molecular weight is 574 g/mol. The summed E-state index contributed by atoms with van der Waals surface area (Å²) < 4.78 is 19.3. The largest absolute Gasteiger partial charge is 0.465 e. The fraction of sp³-hybridized carbons (Fsp3) is 0.677. The molecule has 1 amide bonds.